The van der Waals surface area contributed by atoms with Crippen LogP contribution in [0.1, 0.15) is 0 Å². The maximum atomic E-state index is 5.51. The number of imidazole rings is 1. The molecule has 2 aromatic rings. The van der Waals surface area contributed by atoms with Gasteiger partial charge in [-0.1, -0.05) is 0 Å². The van der Waals surface area contributed by atoms with Gasteiger partial charge < -0.3 is 10.7 Å². The largest absolute Gasteiger partial charge is 0.382 e. The van der Waals surface area contributed by atoms with Crippen molar-refractivity contribution in [2.24, 2.45) is 0 Å². The number of nitrogens with two attached hydrogens (primary N) is 1. The van der Waals surface area contributed by atoms with Crippen molar-refractivity contribution in [3.05, 3.63) is 18.6 Å². The molecule has 3 N–H and O–H groups in total. The van der Waals surface area contributed by atoms with Crippen LogP contribution in [0.5, 0.6) is 0 Å². The molecule has 0 fully saturated rings. The van der Waals surface area contributed by atoms with Crippen molar-refractivity contribution in [3.63, 3.8) is 0 Å². The minimum absolute atomic E-state index is 0. The molecular formula is C6H7ClN4. The van der Waals surface area contributed by atoms with Crippen molar-refractivity contribution in [2.45, 2.75) is 0 Å². The Morgan fingerprint density at radius 1 is 1.36 bits per heavy atom. The Bertz CT molecular complexity index is 356. The summed E-state index contributed by atoms with van der Waals surface area (Å²) >= 11 is 0. The first-order chi connectivity index (χ1) is 4.88. The lowest BCUT2D eigenvalue weighted by atomic mass is 10.4. The summed E-state index contributed by atoms with van der Waals surface area (Å²) in [6.07, 6.45) is 3.25. The van der Waals surface area contributed by atoms with E-state index >= 15 is 0 Å². The minimum Gasteiger partial charge on any atom is -0.382 e. The lowest BCUT2D eigenvalue weighted by Gasteiger charge is -1.89. The van der Waals surface area contributed by atoms with Crippen LogP contribution in [0.25, 0.3) is 11.0 Å². The highest BCUT2D eigenvalue weighted by atomic mass is 35.5. The highest BCUT2D eigenvalue weighted by Gasteiger charge is 1.97. The highest BCUT2D eigenvalue weighted by molar-refractivity contribution is 5.85. The van der Waals surface area contributed by atoms with Crippen LogP contribution in [0.2, 0.25) is 0 Å². The molecule has 0 saturated carbocycles. The molecule has 58 valence electrons. The summed E-state index contributed by atoms with van der Waals surface area (Å²) in [5.74, 6) is 0.471. The van der Waals surface area contributed by atoms with Crippen molar-refractivity contribution >= 4 is 29.3 Å². The molecule has 5 heteroatoms. The smallest absolute Gasteiger partial charge is 0.151 e. The number of hydrogen-bond acceptors (Lipinski definition) is 3. The summed E-state index contributed by atoms with van der Waals surface area (Å²) in [7, 11) is 0. The first-order valence-corrected chi connectivity index (χ1v) is 2.91. The fourth-order valence-corrected chi connectivity index (χ4v) is 0.889. The number of fused-ring (bicyclic) bond motifs is 1. The van der Waals surface area contributed by atoms with Gasteiger partial charge in [0.2, 0.25) is 0 Å². The molecule has 11 heavy (non-hydrogen) atoms. The van der Waals surface area contributed by atoms with Crippen LogP contribution in [-0.4, -0.2) is 15.0 Å². The molecule has 2 heterocycles. The Morgan fingerprint density at radius 2 is 2.18 bits per heavy atom. The zero-order valence-electron chi connectivity index (χ0n) is 5.61. The van der Waals surface area contributed by atoms with Gasteiger partial charge in [-0.3, -0.25) is 0 Å². The predicted octanol–water partition coefficient (Wildman–Crippen LogP) is 0.962. The van der Waals surface area contributed by atoms with E-state index in [0.717, 1.165) is 11.0 Å². The monoisotopic (exact) mass is 170 g/mol. The number of hydrogen-bond donors (Lipinski definition) is 2. The van der Waals surface area contributed by atoms with Crippen molar-refractivity contribution < 1.29 is 0 Å². The van der Waals surface area contributed by atoms with E-state index in [4.69, 9.17) is 5.73 Å². The quantitative estimate of drug-likeness (QED) is 0.619. The molecule has 0 saturated heterocycles. The SMILES string of the molecule is Cl.Nc1nccc2[nH]cnc12. The van der Waals surface area contributed by atoms with Gasteiger partial charge in [-0.2, -0.15) is 0 Å². The molecule has 0 unspecified atom stereocenters. The fraction of sp³-hybridized carbons (Fsp3) is 0. The van der Waals surface area contributed by atoms with Gasteiger partial charge in [0.05, 0.1) is 11.8 Å². The Hall–Kier alpha value is -1.29. The van der Waals surface area contributed by atoms with E-state index in [0.29, 0.717) is 5.82 Å². The summed E-state index contributed by atoms with van der Waals surface area (Å²) in [4.78, 5) is 10.8. The molecule has 0 amide bonds. The van der Waals surface area contributed by atoms with E-state index in [1.54, 1.807) is 12.5 Å². The van der Waals surface area contributed by atoms with E-state index < -0.39 is 0 Å². The molecule has 2 aromatic heterocycles. The number of halogens is 1. The molecular weight excluding hydrogens is 164 g/mol. The van der Waals surface area contributed by atoms with E-state index in [9.17, 15) is 0 Å². The minimum atomic E-state index is 0. The van der Waals surface area contributed by atoms with Gasteiger partial charge in [-0.05, 0) is 6.07 Å². The van der Waals surface area contributed by atoms with Crippen LogP contribution < -0.4 is 5.73 Å². The van der Waals surface area contributed by atoms with Gasteiger partial charge in [0, 0.05) is 6.20 Å². The summed E-state index contributed by atoms with van der Waals surface area (Å²) in [6.45, 7) is 0. The first-order valence-electron chi connectivity index (χ1n) is 2.91. The van der Waals surface area contributed by atoms with Gasteiger partial charge >= 0.3 is 0 Å². The number of nitrogens with one attached hydrogen (secondary N) is 1. The second kappa shape index (κ2) is 2.75. The lowest BCUT2D eigenvalue weighted by Crippen LogP contribution is -1.89. The molecule has 0 aliphatic heterocycles. The number of H-pyrrole nitrogens is 1. The third-order valence-corrected chi connectivity index (χ3v) is 1.37. The van der Waals surface area contributed by atoms with Gasteiger partial charge in [0.25, 0.3) is 0 Å². The van der Waals surface area contributed by atoms with Crippen LogP contribution >= 0.6 is 12.4 Å². The van der Waals surface area contributed by atoms with Crippen molar-refractivity contribution in [1.82, 2.24) is 15.0 Å². The second-order valence-corrected chi connectivity index (χ2v) is 1.99. The summed E-state index contributed by atoms with van der Waals surface area (Å²) in [5.41, 5.74) is 7.17. The Morgan fingerprint density at radius 3 is 2.91 bits per heavy atom. The van der Waals surface area contributed by atoms with Crippen LogP contribution in [0.4, 0.5) is 5.82 Å². The van der Waals surface area contributed by atoms with Gasteiger partial charge in [0.15, 0.2) is 5.82 Å². The highest BCUT2D eigenvalue weighted by Crippen LogP contribution is 2.11. The van der Waals surface area contributed by atoms with Crippen molar-refractivity contribution in [2.75, 3.05) is 5.73 Å². The zero-order chi connectivity index (χ0) is 6.97. The van der Waals surface area contributed by atoms with Crippen molar-refractivity contribution in [3.8, 4) is 0 Å². The van der Waals surface area contributed by atoms with E-state index in [1.807, 2.05) is 6.07 Å². The number of nitrogens with zero attached hydrogens (tertiary/aromatic N) is 2. The normalized spacial score (nSPS) is 9.45. The predicted molar refractivity (Wildman–Crippen MR) is 45.5 cm³/mol. The Labute approximate surface area is 69.3 Å². The van der Waals surface area contributed by atoms with Gasteiger partial charge in [0.1, 0.15) is 5.52 Å². The average molecular weight is 171 g/mol. The summed E-state index contributed by atoms with van der Waals surface area (Å²) in [6, 6.07) is 1.83. The van der Waals surface area contributed by atoms with Crippen molar-refractivity contribution in [1.29, 1.82) is 0 Å². The fourth-order valence-electron chi connectivity index (χ4n) is 0.889. The van der Waals surface area contributed by atoms with Crippen LogP contribution in [-0.2, 0) is 0 Å². The number of pyridine rings is 1. The number of rotatable bonds is 0. The number of nitrogen functional groups attached to an aromatic ring is 1. The van der Waals surface area contributed by atoms with E-state index in [-0.39, 0.29) is 12.4 Å². The molecule has 0 aliphatic carbocycles. The molecule has 0 aromatic carbocycles. The van der Waals surface area contributed by atoms with E-state index in [1.165, 1.54) is 0 Å². The number of anilines is 1. The second-order valence-electron chi connectivity index (χ2n) is 1.99. The Balaban J connectivity index is 0.000000605. The molecule has 0 bridgehead atoms. The Kier molecular flexibility index (Phi) is 1.96. The summed E-state index contributed by atoms with van der Waals surface area (Å²) in [5, 5.41) is 0. The maximum absolute atomic E-state index is 5.51. The van der Waals surface area contributed by atoms with Crippen LogP contribution in [0.15, 0.2) is 18.6 Å². The molecule has 0 radical (unpaired) electrons. The van der Waals surface area contributed by atoms with E-state index in [2.05, 4.69) is 15.0 Å². The topological polar surface area (TPSA) is 67.6 Å². The van der Waals surface area contributed by atoms with Crippen LogP contribution in [0.3, 0.4) is 0 Å². The zero-order valence-corrected chi connectivity index (χ0v) is 6.43. The standard InChI is InChI=1S/C6H6N4.ClH/c7-6-5-4(1-2-8-6)9-3-10-5;/h1-3H,(H2,7,8)(H,9,10);1H. The average Bonchev–Trinajstić information content (AvgIpc) is 2.36. The summed E-state index contributed by atoms with van der Waals surface area (Å²) < 4.78 is 0. The third-order valence-electron chi connectivity index (χ3n) is 1.37. The lowest BCUT2D eigenvalue weighted by molar-refractivity contribution is 1.33. The molecule has 2 rings (SSSR count). The number of aromatic nitrogens is 3. The molecule has 0 atom stereocenters. The van der Waals surface area contributed by atoms with Gasteiger partial charge in [-0.15, -0.1) is 12.4 Å². The molecule has 0 aliphatic rings. The maximum Gasteiger partial charge on any atom is 0.151 e. The first kappa shape index (κ1) is 7.81. The molecule has 4 nitrogen and oxygen atoms in total. The van der Waals surface area contributed by atoms with Gasteiger partial charge in [-0.25, -0.2) is 9.97 Å². The molecule has 0 spiro atoms. The van der Waals surface area contributed by atoms with Crippen LogP contribution in [0, 0.1) is 0 Å². The third kappa shape index (κ3) is 1.12. The number of aromatic amines is 1.